The third kappa shape index (κ3) is 2.03. The van der Waals surface area contributed by atoms with E-state index in [1.165, 1.54) is 0 Å². The molecule has 2 heterocycles. The van der Waals surface area contributed by atoms with Gasteiger partial charge in [-0.05, 0) is 31.6 Å². The Hall–Kier alpha value is -2.82. The summed E-state index contributed by atoms with van der Waals surface area (Å²) >= 11 is 0. The van der Waals surface area contributed by atoms with Gasteiger partial charge in [-0.1, -0.05) is 18.2 Å². The van der Waals surface area contributed by atoms with Gasteiger partial charge in [-0.3, -0.25) is 4.79 Å². The number of rotatable bonds is 2. The fourth-order valence-electron chi connectivity index (χ4n) is 2.67. The molecule has 0 unspecified atom stereocenters. The van der Waals surface area contributed by atoms with Crippen molar-refractivity contribution in [1.82, 2.24) is 4.98 Å². The Balaban J connectivity index is 2.14. The van der Waals surface area contributed by atoms with E-state index in [4.69, 9.17) is 0 Å². The van der Waals surface area contributed by atoms with Crippen LogP contribution in [-0.2, 0) is 4.79 Å². The molecule has 3 N–H and O–H groups in total. The molecule has 1 aliphatic heterocycles. The Kier molecular flexibility index (Phi) is 2.90. The average Bonchev–Trinajstić information content (AvgIpc) is 2.88. The summed E-state index contributed by atoms with van der Waals surface area (Å²) in [5, 5.41) is 12.0. The van der Waals surface area contributed by atoms with Crippen molar-refractivity contribution in [3.05, 3.63) is 52.3 Å². The molecule has 5 nitrogen and oxygen atoms in total. The lowest BCUT2D eigenvalue weighted by Gasteiger charge is -1.98. The minimum Gasteiger partial charge on any atom is -0.478 e. The largest absolute Gasteiger partial charge is 0.478 e. The molecule has 0 bridgehead atoms. The number of carbonyl (C=O) groups excluding carboxylic acids is 1. The van der Waals surface area contributed by atoms with Crippen LogP contribution in [-0.4, -0.2) is 22.0 Å². The fourth-order valence-corrected chi connectivity index (χ4v) is 2.67. The van der Waals surface area contributed by atoms with Crippen molar-refractivity contribution in [1.29, 1.82) is 0 Å². The number of H-pyrrole nitrogens is 1. The summed E-state index contributed by atoms with van der Waals surface area (Å²) in [5.74, 6) is -1.15. The van der Waals surface area contributed by atoms with Crippen LogP contribution in [0.1, 0.15) is 32.9 Å². The van der Waals surface area contributed by atoms with Crippen molar-refractivity contribution in [2.45, 2.75) is 13.8 Å². The zero-order valence-corrected chi connectivity index (χ0v) is 11.7. The Morgan fingerprint density at radius 2 is 1.95 bits per heavy atom. The maximum absolute atomic E-state index is 12.1. The lowest BCUT2D eigenvalue weighted by molar-refractivity contribution is -0.110. The van der Waals surface area contributed by atoms with E-state index in [9.17, 15) is 14.7 Å². The van der Waals surface area contributed by atoms with Crippen LogP contribution in [0.3, 0.4) is 0 Å². The molecule has 0 saturated carbocycles. The molecule has 0 saturated heterocycles. The highest BCUT2D eigenvalue weighted by molar-refractivity contribution is 6.34. The van der Waals surface area contributed by atoms with Crippen molar-refractivity contribution >= 4 is 29.2 Å². The molecule has 5 heteroatoms. The molecule has 1 aliphatic rings. The number of aromatic amines is 1. The summed E-state index contributed by atoms with van der Waals surface area (Å²) in [6, 6.07) is 7.42. The molecule has 0 aliphatic carbocycles. The Morgan fingerprint density at radius 1 is 1.24 bits per heavy atom. The van der Waals surface area contributed by atoms with E-state index in [1.54, 1.807) is 19.9 Å². The minimum absolute atomic E-state index is 0.181. The van der Waals surface area contributed by atoms with Gasteiger partial charge in [0.25, 0.3) is 5.91 Å². The maximum Gasteiger partial charge on any atom is 0.337 e. The first-order valence-electron chi connectivity index (χ1n) is 6.54. The van der Waals surface area contributed by atoms with Gasteiger partial charge >= 0.3 is 5.97 Å². The average molecular weight is 282 g/mol. The molecule has 1 amide bonds. The monoisotopic (exact) mass is 282 g/mol. The number of carboxylic acid groups (broad SMARTS) is 1. The molecule has 0 fully saturated rings. The number of nitrogens with one attached hydrogen (secondary N) is 2. The quantitative estimate of drug-likeness (QED) is 0.741. The van der Waals surface area contributed by atoms with Gasteiger partial charge in [-0.25, -0.2) is 4.79 Å². The number of hydrogen-bond acceptors (Lipinski definition) is 2. The molecule has 0 atom stereocenters. The third-order valence-electron chi connectivity index (χ3n) is 3.69. The molecule has 2 aromatic rings. The highest BCUT2D eigenvalue weighted by Gasteiger charge is 2.24. The number of aromatic nitrogens is 1. The summed E-state index contributed by atoms with van der Waals surface area (Å²) in [4.78, 5) is 26.3. The number of anilines is 1. The number of para-hydroxylation sites is 1. The lowest BCUT2D eigenvalue weighted by atomic mass is 10.0. The molecular weight excluding hydrogens is 268 g/mol. The van der Waals surface area contributed by atoms with Crippen LogP contribution in [0.15, 0.2) is 24.3 Å². The van der Waals surface area contributed by atoms with Gasteiger partial charge in [-0.2, -0.15) is 0 Å². The first kappa shape index (κ1) is 13.2. The number of aryl methyl sites for hydroxylation is 1. The summed E-state index contributed by atoms with van der Waals surface area (Å²) in [6.07, 6.45) is 1.70. The number of amides is 1. The number of fused-ring (bicyclic) bond motifs is 1. The molecule has 0 radical (unpaired) electrons. The summed E-state index contributed by atoms with van der Waals surface area (Å²) in [7, 11) is 0. The van der Waals surface area contributed by atoms with E-state index in [0.29, 0.717) is 22.5 Å². The zero-order chi connectivity index (χ0) is 15.1. The minimum atomic E-state index is -0.970. The maximum atomic E-state index is 12.1. The van der Waals surface area contributed by atoms with E-state index >= 15 is 0 Å². The van der Waals surface area contributed by atoms with Crippen LogP contribution >= 0.6 is 0 Å². The van der Waals surface area contributed by atoms with E-state index in [-0.39, 0.29) is 11.5 Å². The summed E-state index contributed by atoms with van der Waals surface area (Å²) in [6.45, 7) is 3.44. The van der Waals surface area contributed by atoms with Crippen molar-refractivity contribution in [3.63, 3.8) is 0 Å². The second-order valence-corrected chi connectivity index (χ2v) is 5.03. The topological polar surface area (TPSA) is 82.2 Å². The van der Waals surface area contributed by atoms with Crippen molar-refractivity contribution in [2.75, 3.05) is 5.32 Å². The first-order chi connectivity index (χ1) is 9.99. The number of hydrogen-bond donors (Lipinski definition) is 3. The van der Waals surface area contributed by atoms with E-state index < -0.39 is 5.97 Å². The number of carbonyl (C=O) groups is 2. The highest BCUT2D eigenvalue weighted by Crippen LogP contribution is 2.33. The second-order valence-electron chi connectivity index (χ2n) is 5.03. The van der Waals surface area contributed by atoms with Crippen LogP contribution in [0, 0.1) is 13.8 Å². The molecular formula is C16H14N2O3. The molecule has 106 valence electrons. The van der Waals surface area contributed by atoms with Crippen LogP contribution in [0.4, 0.5) is 5.69 Å². The standard InChI is InChI=1S/C16H14N2O3/c1-8-13(17-9(2)14(8)16(20)21)7-11-10-5-3-4-6-12(10)18-15(11)19/h3-7,17H,1-2H3,(H,18,19)(H,20,21). The highest BCUT2D eigenvalue weighted by atomic mass is 16.4. The zero-order valence-electron chi connectivity index (χ0n) is 11.7. The molecule has 3 rings (SSSR count). The van der Waals surface area contributed by atoms with Gasteiger partial charge in [-0.15, -0.1) is 0 Å². The third-order valence-corrected chi connectivity index (χ3v) is 3.69. The smallest absolute Gasteiger partial charge is 0.337 e. The van der Waals surface area contributed by atoms with Gasteiger partial charge in [0.15, 0.2) is 0 Å². The number of aromatic carboxylic acids is 1. The Labute approximate surface area is 121 Å². The first-order valence-corrected chi connectivity index (χ1v) is 6.54. The SMILES string of the molecule is Cc1[nH]c(C=C2C(=O)Nc3ccccc32)c(C)c1C(=O)O. The van der Waals surface area contributed by atoms with Crippen LogP contribution < -0.4 is 5.32 Å². The molecule has 1 aromatic carbocycles. The van der Waals surface area contributed by atoms with E-state index in [1.807, 2.05) is 24.3 Å². The predicted molar refractivity (Wildman–Crippen MR) is 80.2 cm³/mol. The van der Waals surface area contributed by atoms with Crippen LogP contribution in [0.2, 0.25) is 0 Å². The van der Waals surface area contributed by atoms with Crippen molar-refractivity contribution in [2.24, 2.45) is 0 Å². The van der Waals surface area contributed by atoms with E-state index in [2.05, 4.69) is 10.3 Å². The van der Waals surface area contributed by atoms with Gasteiger partial charge in [0, 0.05) is 22.6 Å². The predicted octanol–water partition coefficient (Wildman–Crippen LogP) is 2.82. The lowest BCUT2D eigenvalue weighted by Crippen LogP contribution is -2.03. The normalized spacial score (nSPS) is 15.1. The molecule has 21 heavy (non-hydrogen) atoms. The summed E-state index contributed by atoms with van der Waals surface area (Å²) in [5.41, 5.74) is 4.24. The van der Waals surface area contributed by atoms with Crippen molar-refractivity contribution < 1.29 is 14.7 Å². The second kappa shape index (κ2) is 4.63. The van der Waals surface area contributed by atoms with Crippen molar-refractivity contribution in [3.8, 4) is 0 Å². The van der Waals surface area contributed by atoms with Gasteiger partial charge < -0.3 is 15.4 Å². The number of benzene rings is 1. The molecule has 0 spiro atoms. The molecule has 1 aromatic heterocycles. The number of carboxylic acids is 1. The van der Waals surface area contributed by atoms with Gasteiger partial charge in [0.05, 0.1) is 11.1 Å². The summed E-state index contributed by atoms with van der Waals surface area (Å²) < 4.78 is 0. The Bertz CT molecular complexity index is 800. The van der Waals surface area contributed by atoms with Crippen LogP contribution in [0.5, 0.6) is 0 Å². The van der Waals surface area contributed by atoms with E-state index in [0.717, 1.165) is 11.3 Å². The van der Waals surface area contributed by atoms with Gasteiger partial charge in [0.2, 0.25) is 0 Å². The fraction of sp³-hybridized carbons (Fsp3) is 0.125. The Morgan fingerprint density at radius 3 is 2.62 bits per heavy atom. The van der Waals surface area contributed by atoms with Crippen LogP contribution in [0.25, 0.3) is 11.6 Å². The van der Waals surface area contributed by atoms with Gasteiger partial charge in [0.1, 0.15) is 0 Å².